The molecular formula is C21H24ClFN2O2. The fraction of sp³-hybridized carbons (Fsp3) is 0.286. The number of carbonyl (C=O) groups is 1. The number of carbonyl (C=O) groups excluding carboxylic acids is 1. The Bertz CT molecular complexity index is 937. The number of rotatable bonds is 5. The fourth-order valence-electron chi connectivity index (χ4n) is 2.84. The summed E-state index contributed by atoms with van der Waals surface area (Å²) in [6.45, 7) is 4.19. The molecule has 3 rings (SSSR count). The Kier molecular flexibility index (Phi) is 7.25. The smallest absolute Gasteiger partial charge is 0.224 e. The van der Waals surface area contributed by atoms with E-state index < -0.39 is 5.82 Å². The number of ether oxygens (including phenoxy) is 1. The normalized spacial score (nSPS) is 10.3. The zero-order valence-corrected chi connectivity index (χ0v) is 16.7. The molecule has 0 atom stereocenters. The van der Waals surface area contributed by atoms with Crippen LogP contribution in [0.15, 0.2) is 42.6 Å². The SMILES string of the molecule is CC.CNC(=O)Cc1cn(C)c2ccc(F)c(OCc3cccc(Cl)c3)c12. The molecule has 0 saturated carbocycles. The molecule has 27 heavy (non-hydrogen) atoms. The number of amides is 1. The van der Waals surface area contributed by atoms with Crippen molar-refractivity contribution in [2.75, 3.05) is 7.05 Å². The van der Waals surface area contributed by atoms with E-state index in [2.05, 4.69) is 5.32 Å². The van der Waals surface area contributed by atoms with Gasteiger partial charge in [-0.1, -0.05) is 37.6 Å². The van der Waals surface area contributed by atoms with Gasteiger partial charge >= 0.3 is 0 Å². The minimum Gasteiger partial charge on any atom is -0.485 e. The van der Waals surface area contributed by atoms with Gasteiger partial charge in [0.05, 0.1) is 11.9 Å². The molecule has 6 heteroatoms. The molecule has 0 unspecified atom stereocenters. The monoisotopic (exact) mass is 390 g/mol. The van der Waals surface area contributed by atoms with Gasteiger partial charge in [-0.05, 0) is 35.4 Å². The van der Waals surface area contributed by atoms with Crippen LogP contribution in [0.1, 0.15) is 25.0 Å². The van der Waals surface area contributed by atoms with E-state index in [1.54, 1.807) is 25.2 Å². The number of nitrogens with zero attached hydrogens (tertiary/aromatic N) is 1. The average molecular weight is 391 g/mol. The maximum absolute atomic E-state index is 14.4. The van der Waals surface area contributed by atoms with E-state index in [1.165, 1.54) is 6.07 Å². The van der Waals surface area contributed by atoms with Crippen molar-refractivity contribution >= 4 is 28.4 Å². The van der Waals surface area contributed by atoms with Crippen molar-refractivity contribution < 1.29 is 13.9 Å². The molecule has 1 heterocycles. The Morgan fingerprint density at radius 2 is 2.00 bits per heavy atom. The van der Waals surface area contributed by atoms with Gasteiger partial charge in [-0.3, -0.25) is 4.79 Å². The molecule has 0 fully saturated rings. The lowest BCUT2D eigenvalue weighted by Gasteiger charge is -2.11. The number of likely N-dealkylation sites (N-methyl/N-ethyl adjacent to an activating group) is 1. The van der Waals surface area contributed by atoms with Crippen molar-refractivity contribution in [1.82, 2.24) is 9.88 Å². The van der Waals surface area contributed by atoms with Crippen LogP contribution >= 0.6 is 11.6 Å². The van der Waals surface area contributed by atoms with Crippen molar-refractivity contribution in [2.24, 2.45) is 7.05 Å². The number of hydrogen-bond acceptors (Lipinski definition) is 2. The van der Waals surface area contributed by atoms with E-state index in [-0.39, 0.29) is 24.7 Å². The van der Waals surface area contributed by atoms with Gasteiger partial charge in [0, 0.05) is 30.7 Å². The highest BCUT2D eigenvalue weighted by atomic mass is 35.5. The number of halogens is 2. The minimum atomic E-state index is -0.459. The molecule has 0 aliphatic heterocycles. The van der Waals surface area contributed by atoms with E-state index in [9.17, 15) is 9.18 Å². The summed E-state index contributed by atoms with van der Waals surface area (Å²) in [4.78, 5) is 11.8. The summed E-state index contributed by atoms with van der Waals surface area (Å²) in [5.41, 5.74) is 2.37. The number of fused-ring (bicyclic) bond motifs is 1. The van der Waals surface area contributed by atoms with Gasteiger partial charge in [0.25, 0.3) is 0 Å². The number of nitrogens with one attached hydrogen (secondary N) is 1. The highest BCUT2D eigenvalue weighted by Crippen LogP contribution is 2.34. The third kappa shape index (κ3) is 4.80. The van der Waals surface area contributed by atoms with E-state index >= 15 is 0 Å². The van der Waals surface area contributed by atoms with E-state index in [1.807, 2.05) is 43.8 Å². The zero-order chi connectivity index (χ0) is 20.0. The maximum atomic E-state index is 14.4. The van der Waals surface area contributed by atoms with Crippen molar-refractivity contribution in [3.63, 3.8) is 0 Å². The average Bonchev–Trinajstić information content (AvgIpc) is 2.98. The topological polar surface area (TPSA) is 43.3 Å². The molecule has 3 aromatic rings. The fourth-order valence-corrected chi connectivity index (χ4v) is 3.05. The summed E-state index contributed by atoms with van der Waals surface area (Å²) in [5.74, 6) is -0.451. The third-order valence-electron chi connectivity index (χ3n) is 4.04. The summed E-state index contributed by atoms with van der Waals surface area (Å²) in [5, 5.41) is 3.80. The molecule has 144 valence electrons. The lowest BCUT2D eigenvalue weighted by molar-refractivity contribution is -0.119. The summed E-state index contributed by atoms with van der Waals surface area (Å²) < 4.78 is 22.1. The van der Waals surface area contributed by atoms with Gasteiger partial charge in [0.1, 0.15) is 6.61 Å². The molecule has 0 aliphatic rings. The van der Waals surface area contributed by atoms with E-state index in [0.717, 1.165) is 16.6 Å². The Balaban J connectivity index is 0.00000126. The molecule has 1 amide bonds. The quantitative estimate of drug-likeness (QED) is 0.675. The highest BCUT2D eigenvalue weighted by Gasteiger charge is 2.18. The minimum absolute atomic E-state index is 0.141. The van der Waals surface area contributed by atoms with Crippen molar-refractivity contribution in [2.45, 2.75) is 26.9 Å². The Labute approximate surface area is 163 Å². The van der Waals surface area contributed by atoms with Crippen LogP contribution < -0.4 is 10.1 Å². The first-order chi connectivity index (χ1) is 13.0. The predicted molar refractivity (Wildman–Crippen MR) is 108 cm³/mol. The first kappa shape index (κ1) is 20.8. The Morgan fingerprint density at radius 3 is 2.67 bits per heavy atom. The molecule has 0 radical (unpaired) electrons. The summed E-state index contributed by atoms with van der Waals surface area (Å²) in [7, 11) is 3.43. The maximum Gasteiger partial charge on any atom is 0.224 e. The van der Waals surface area contributed by atoms with Gasteiger partial charge in [-0.25, -0.2) is 4.39 Å². The molecule has 0 spiro atoms. The second kappa shape index (κ2) is 9.42. The first-order valence-corrected chi connectivity index (χ1v) is 9.21. The number of aromatic nitrogens is 1. The van der Waals surface area contributed by atoms with Crippen molar-refractivity contribution in [1.29, 1.82) is 0 Å². The van der Waals surface area contributed by atoms with E-state index in [0.29, 0.717) is 10.4 Å². The summed E-state index contributed by atoms with van der Waals surface area (Å²) in [6, 6.07) is 10.3. The molecule has 0 saturated heterocycles. The molecule has 0 aliphatic carbocycles. The molecule has 1 aromatic heterocycles. The Hall–Kier alpha value is -2.53. The number of hydrogen-bond donors (Lipinski definition) is 1. The number of benzene rings is 2. The summed E-state index contributed by atoms with van der Waals surface area (Å²) in [6.07, 6.45) is 1.98. The number of aryl methyl sites for hydroxylation is 1. The second-order valence-electron chi connectivity index (χ2n) is 5.80. The van der Waals surface area contributed by atoms with Gasteiger partial charge < -0.3 is 14.6 Å². The molecule has 1 N–H and O–H groups in total. The van der Waals surface area contributed by atoms with Gasteiger partial charge in [0.2, 0.25) is 5.91 Å². The van der Waals surface area contributed by atoms with Crippen LogP contribution in [0.3, 0.4) is 0 Å². The first-order valence-electron chi connectivity index (χ1n) is 8.84. The highest BCUT2D eigenvalue weighted by molar-refractivity contribution is 6.30. The largest absolute Gasteiger partial charge is 0.485 e. The van der Waals surface area contributed by atoms with Crippen LogP contribution in [0.25, 0.3) is 10.9 Å². The van der Waals surface area contributed by atoms with Gasteiger partial charge in [-0.2, -0.15) is 0 Å². The van der Waals surface area contributed by atoms with Crippen molar-refractivity contribution in [3.05, 3.63) is 64.6 Å². The molecule has 2 aromatic carbocycles. The van der Waals surface area contributed by atoms with Crippen LogP contribution in [0, 0.1) is 5.82 Å². The van der Waals surface area contributed by atoms with Crippen LogP contribution in [0.4, 0.5) is 4.39 Å². The molecule has 4 nitrogen and oxygen atoms in total. The molecule has 0 bridgehead atoms. The zero-order valence-electron chi connectivity index (χ0n) is 16.0. The summed E-state index contributed by atoms with van der Waals surface area (Å²) >= 11 is 5.98. The predicted octanol–water partition coefficient (Wildman–Crippen LogP) is 4.86. The molecular weight excluding hydrogens is 367 g/mol. The standard InChI is InChI=1S/C19H18ClFN2O2.C2H6/c1-22-17(24)9-13-10-23(2)16-7-6-15(21)19(18(13)16)25-11-12-4-3-5-14(20)8-12;1-2/h3-8,10H,9,11H2,1-2H3,(H,22,24);1-2H3. The van der Waals surface area contributed by atoms with Crippen LogP contribution in [0.5, 0.6) is 5.75 Å². The van der Waals surface area contributed by atoms with Gasteiger partial charge in [0.15, 0.2) is 11.6 Å². The lowest BCUT2D eigenvalue weighted by atomic mass is 10.1. The van der Waals surface area contributed by atoms with Crippen LogP contribution in [0.2, 0.25) is 5.02 Å². The van der Waals surface area contributed by atoms with Crippen LogP contribution in [-0.2, 0) is 24.9 Å². The van der Waals surface area contributed by atoms with Crippen molar-refractivity contribution in [3.8, 4) is 5.75 Å². The Morgan fingerprint density at radius 1 is 1.26 bits per heavy atom. The second-order valence-corrected chi connectivity index (χ2v) is 6.24. The third-order valence-corrected chi connectivity index (χ3v) is 4.28. The van der Waals surface area contributed by atoms with Gasteiger partial charge in [-0.15, -0.1) is 0 Å². The lowest BCUT2D eigenvalue weighted by Crippen LogP contribution is -2.19. The van der Waals surface area contributed by atoms with E-state index in [4.69, 9.17) is 16.3 Å². The van der Waals surface area contributed by atoms with Crippen LogP contribution in [-0.4, -0.2) is 17.5 Å².